The number of hydrogen-bond acceptors (Lipinski definition) is 2. The zero-order valence-corrected chi connectivity index (χ0v) is 28.7. The second-order valence-electron chi connectivity index (χ2n) is 7.29. The normalized spacial score (nSPS) is 9.81. The van der Waals surface area contributed by atoms with E-state index in [1.165, 1.54) is 51.4 Å². The number of benzene rings is 2. The van der Waals surface area contributed by atoms with Gasteiger partial charge in [-0.1, -0.05) is 57.8 Å². The third-order valence-electron chi connectivity index (χ3n) is 4.25. The Morgan fingerprint density at radius 3 is 1.31 bits per heavy atom. The van der Waals surface area contributed by atoms with Crippen LogP contribution in [-0.4, -0.2) is 17.9 Å². The minimum absolute atomic E-state index is 0. The fraction of sp³-hybridized carbons (Fsp3) is 0.250. The summed E-state index contributed by atoms with van der Waals surface area (Å²) in [6.45, 7) is 8.88. The van der Waals surface area contributed by atoms with E-state index in [1.807, 2.05) is 0 Å². The molecule has 0 N–H and O–H groups in total. The van der Waals surface area contributed by atoms with Crippen LogP contribution in [0.15, 0.2) is 67.3 Å². The third kappa shape index (κ3) is 9.93. The molecule has 4 rings (SSSR count). The SMILES string of the molecule is CSc1cc(Br)c2cc(C)[cH-]c2c1.CSc1cc(Br)c2cc(C)[cH-]c2c1.C[Si](C)=[Zr+2].[Cl-].[Cl-]. The first-order valence-corrected chi connectivity index (χ1v) is 19.7. The third-order valence-corrected chi connectivity index (χ3v) is 6.98. The van der Waals surface area contributed by atoms with Crippen LogP contribution in [0.3, 0.4) is 0 Å². The summed E-state index contributed by atoms with van der Waals surface area (Å²) < 4.78 is 2.39. The number of fused-ring (bicyclic) bond motifs is 2. The summed E-state index contributed by atoms with van der Waals surface area (Å²) in [5, 5.41) is 5.29. The summed E-state index contributed by atoms with van der Waals surface area (Å²) in [7, 11) is 0. The quantitative estimate of drug-likeness (QED) is 0.176. The molecule has 0 nitrogen and oxygen atoms in total. The summed E-state index contributed by atoms with van der Waals surface area (Å²) >= 11 is 12.5. The van der Waals surface area contributed by atoms with Crippen molar-refractivity contribution in [3.63, 3.8) is 0 Å². The number of hydrogen-bond donors (Lipinski definition) is 0. The van der Waals surface area contributed by atoms with Gasteiger partial charge in [-0.2, -0.15) is 12.1 Å². The van der Waals surface area contributed by atoms with E-state index in [0.29, 0.717) is 0 Å². The molecule has 4 aromatic rings. The van der Waals surface area contributed by atoms with Gasteiger partial charge in [0.15, 0.2) is 0 Å². The molecule has 0 radical (unpaired) electrons. The molecule has 0 amide bonds. The molecule has 0 aliphatic rings. The van der Waals surface area contributed by atoms with E-state index in [4.69, 9.17) is 0 Å². The molecule has 0 aromatic heterocycles. The van der Waals surface area contributed by atoms with Crippen molar-refractivity contribution >= 4 is 82.4 Å². The van der Waals surface area contributed by atoms with Gasteiger partial charge in [-0.3, -0.25) is 0 Å². The number of rotatable bonds is 2. The predicted molar refractivity (Wildman–Crippen MR) is 145 cm³/mol. The van der Waals surface area contributed by atoms with Gasteiger partial charge in [-0.15, -0.1) is 80.5 Å². The Hall–Kier alpha value is 1.000. The van der Waals surface area contributed by atoms with Gasteiger partial charge in [0.1, 0.15) is 0 Å². The topological polar surface area (TPSA) is 0 Å². The van der Waals surface area contributed by atoms with Crippen molar-refractivity contribution in [2.75, 3.05) is 12.5 Å². The second kappa shape index (κ2) is 15.9. The van der Waals surface area contributed by atoms with Crippen LogP contribution in [0.4, 0.5) is 0 Å². The Balaban J connectivity index is 0.000000490. The van der Waals surface area contributed by atoms with Gasteiger partial charge in [0.05, 0.1) is 0 Å². The molecule has 0 spiro atoms. The van der Waals surface area contributed by atoms with Crippen molar-refractivity contribution in [1.29, 1.82) is 0 Å². The fourth-order valence-corrected chi connectivity index (χ4v) is 5.48. The van der Waals surface area contributed by atoms with Crippen molar-refractivity contribution in [1.82, 2.24) is 0 Å². The summed E-state index contributed by atoms with van der Waals surface area (Å²) in [6.07, 6.45) is 4.20. The molecule has 32 heavy (non-hydrogen) atoms. The molecule has 0 bridgehead atoms. The molecule has 8 heteroatoms. The summed E-state index contributed by atoms with van der Waals surface area (Å²) in [5.74, 6) is 0. The first-order chi connectivity index (χ1) is 14.1. The smallest absolute Gasteiger partial charge is 1.00 e. The zero-order chi connectivity index (χ0) is 22.4. The molecule has 0 saturated carbocycles. The van der Waals surface area contributed by atoms with Gasteiger partial charge in [0.25, 0.3) is 0 Å². The van der Waals surface area contributed by atoms with Crippen LogP contribution in [-0.2, 0) is 23.3 Å². The Morgan fingerprint density at radius 1 is 0.719 bits per heavy atom. The zero-order valence-electron chi connectivity index (χ0n) is 18.9. The maximum atomic E-state index is 3.59. The predicted octanol–water partition coefficient (Wildman–Crippen LogP) is 3.50. The number of halogens is 4. The van der Waals surface area contributed by atoms with Crippen molar-refractivity contribution in [3.8, 4) is 0 Å². The van der Waals surface area contributed by atoms with Crippen LogP contribution < -0.4 is 24.8 Å². The molecule has 0 unspecified atom stereocenters. The van der Waals surface area contributed by atoms with E-state index >= 15 is 0 Å². The maximum Gasteiger partial charge on any atom is -1.00 e. The Labute approximate surface area is 245 Å². The number of aryl methyl sites for hydroxylation is 2. The van der Waals surface area contributed by atoms with E-state index in [1.54, 1.807) is 46.9 Å². The van der Waals surface area contributed by atoms with Crippen LogP contribution in [0.5, 0.6) is 0 Å². The first kappa shape index (κ1) is 33.0. The van der Waals surface area contributed by atoms with Gasteiger partial charge >= 0.3 is 41.9 Å². The van der Waals surface area contributed by atoms with Gasteiger partial charge in [-0.05, 0) is 31.2 Å². The van der Waals surface area contributed by atoms with E-state index < -0.39 is 0 Å². The van der Waals surface area contributed by atoms with E-state index in [9.17, 15) is 0 Å². The van der Waals surface area contributed by atoms with Crippen molar-refractivity contribution in [2.24, 2.45) is 0 Å². The summed E-state index contributed by atoms with van der Waals surface area (Å²) in [6, 6.07) is 17.7. The minimum atomic E-state index is 0. The van der Waals surface area contributed by atoms with Gasteiger partial charge < -0.3 is 24.8 Å². The minimum Gasteiger partial charge on any atom is -1.00 e. The molecular formula is C24H26Br2Cl2S2SiZr-2. The molecule has 172 valence electrons. The molecule has 0 aliphatic heterocycles. The molecule has 0 saturated heterocycles. The van der Waals surface area contributed by atoms with Gasteiger partial charge in [0.2, 0.25) is 0 Å². The van der Waals surface area contributed by atoms with Crippen molar-refractivity contribution in [2.45, 2.75) is 36.7 Å². The van der Waals surface area contributed by atoms with E-state index in [0.717, 1.165) is 0 Å². The second-order valence-corrected chi connectivity index (χ2v) is 20.1. The number of thioether (sulfide) groups is 2. The van der Waals surface area contributed by atoms with E-state index in [2.05, 4.69) is 120 Å². The Morgan fingerprint density at radius 2 is 1.03 bits per heavy atom. The van der Waals surface area contributed by atoms with Gasteiger partial charge in [-0.25, -0.2) is 0 Å². The van der Waals surface area contributed by atoms with Gasteiger partial charge in [0, 0.05) is 0 Å². The Kier molecular flexibility index (Phi) is 16.4. The molecule has 4 aromatic carbocycles. The largest absolute Gasteiger partial charge is 1.00 e. The van der Waals surface area contributed by atoms with Crippen LogP contribution in [0, 0.1) is 13.8 Å². The standard InChI is InChI=1S/2C11H10BrS.C2H6Si.2ClH.Zr/c2*1-7-3-8-5-9(13-2)6-11(12)10(8)4-7;1-3-2;;;/h2*3-6H,1-2H3;1-2H3;2*1H;/q2*-1;;;;+2/p-2. The Bertz CT molecular complexity index is 1080. The molecule has 0 heterocycles. The summed E-state index contributed by atoms with van der Waals surface area (Å²) in [5.41, 5.74) is 2.87. The first-order valence-electron chi connectivity index (χ1n) is 9.47. The van der Waals surface area contributed by atoms with Crippen LogP contribution in [0.2, 0.25) is 13.1 Å². The molecule has 0 aliphatic carbocycles. The summed E-state index contributed by atoms with van der Waals surface area (Å²) in [4.78, 5) is 2.62. The monoisotopic (exact) mass is 724 g/mol. The molecular weight excluding hydrogens is 702 g/mol. The maximum absolute atomic E-state index is 3.59. The van der Waals surface area contributed by atoms with Crippen LogP contribution >= 0.6 is 55.4 Å². The van der Waals surface area contributed by atoms with Crippen LogP contribution in [0.1, 0.15) is 11.1 Å². The fourth-order valence-electron chi connectivity index (χ4n) is 3.03. The van der Waals surface area contributed by atoms with Crippen molar-refractivity contribution < 1.29 is 48.1 Å². The molecule has 0 atom stereocenters. The van der Waals surface area contributed by atoms with E-state index in [-0.39, 0.29) is 30.2 Å². The average Bonchev–Trinajstić information content (AvgIpc) is 3.23. The molecule has 0 fully saturated rings. The van der Waals surface area contributed by atoms with Crippen molar-refractivity contribution in [3.05, 3.63) is 68.6 Å². The van der Waals surface area contributed by atoms with Crippen LogP contribution in [0.25, 0.3) is 21.5 Å². The average molecular weight is 729 g/mol.